The first-order valence-corrected chi connectivity index (χ1v) is 12.5. The van der Waals surface area contributed by atoms with Crippen LogP contribution in [0.3, 0.4) is 0 Å². The van der Waals surface area contributed by atoms with Crippen LogP contribution in [0.5, 0.6) is 0 Å². The Kier molecular flexibility index (Phi) is 6.79. The van der Waals surface area contributed by atoms with E-state index in [1.807, 2.05) is 0 Å². The number of benzene rings is 1. The van der Waals surface area contributed by atoms with Crippen molar-refractivity contribution in [1.82, 2.24) is 0 Å². The Bertz CT molecular complexity index is 1140. The molecule has 14 heteroatoms. The van der Waals surface area contributed by atoms with Crippen LogP contribution in [0, 0.1) is 23.7 Å². The summed E-state index contributed by atoms with van der Waals surface area (Å²) in [5.74, 6) is -9.95. The fourth-order valence-electron chi connectivity index (χ4n) is 5.28. The number of esters is 3. The number of ether oxygens (including phenoxy) is 3. The second-order valence-electron chi connectivity index (χ2n) is 9.05. The average Bonchev–Trinajstić information content (AvgIpc) is 3.42. The highest BCUT2D eigenvalue weighted by molar-refractivity contribution is 7.86. The molecule has 3 fully saturated rings. The van der Waals surface area contributed by atoms with Crippen molar-refractivity contribution in [3.8, 4) is 0 Å². The smallest absolute Gasteiger partial charge is 0.396 e. The fraction of sp³-hybridized carbons (Fsp3) is 0.591. The summed E-state index contributed by atoms with van der Waals surface area (Å²) >= 11 is 0. The Hall–Kier alpha value is -2.74. The minimum atomic E-state index is -6.57. The molecule has 2 aliphatic carbocycles. The summed E-state index contributed by atoms with van der Waals surface area (Å²) in [4.78, 5) is 37.6. The summed E-state index contributed by atoms with van der Waals surface area (Å²) < 4.78 is 101. The van der Waals surface area contributed by atoms with Crippen LogP contribution < -0.4 is 0 Å². The van der Waals surface area contributed by atoms with E-state index in [9.17, 15) is 44.9 Å². The first-order chi connectivity index (χ1) is 16.8. The van der Waals surface area contributed by atoms with E-state index >= 15 is 0 Å². The maximum Gasteiger partial charge on any atom is 0.396 e. The average molecular weight is 537 g/mol. The molecule has 1 aromatic carbocycles. The van der Waals surface area contributed by atoms with Gasteiger partial charge >= 0.3 is 29.1 Å². The molecule has 1 aliphatic heterocycles. The van der Waals surface area contributed by atoms with Crippen molar-refractivity contribution in [2.24, 2.45) is 23.7 Å². The van der Waals surface area contributed by atoms with Gasteiger partial charge in [-0.05, 0) is 31.4 Å². The van der Waals surface area contributed by atoms with Gasteiger partial charge in [0.05, 0.1) is 24.0 Å². The molecule has 3 aliphatic rings. The fourth-order valence-corrected chi connectivity index (χ4v) is 5.75. The first kappa shape index (κ1) is 26.3. The van der Waals surface area contributed by atoms with Crippen LogP contribution in [-0.4, -0.2) is 60.9 Å². The zero-order chi connectivity index (χ0) is 26.5. The molecule has 4 rings (SSSR count). The summed E-state index contributed by atoms with van der Waals surface area (Å²) in [5, 5.41) is -5.77. The molecule has 198 valence electrons. The topological polar surface area (TPSA) is 136 Å². The summed E-state index contributed by atoms with van der Waals surface area (Å²) in [6, 6.07) is 8.06. The Labute approximate surface area is 202 Å². The lowest BCUT2D eigenvalue weighted by atomic mass is 9.78. The van der Waals surface area contributed by atoms with E-state index in [0.29, 0.717) is 6.42 Å². The van der Waals surface area contributed by atoms with Crippen molar-refractivity contribution >= 4 is 28.0 Å². The molecule has 0 N–H and O–H groups in total. The van der Waals surface area contributed by atoms with E-state index in [1.54, 1.807) is 18.2 Å². The molecule has 1 saturated heterocycles. The van der Waals surface area contributed by atoms with Crippen molar-refractivity contribution < 1.29 is 59.1 Å². The van der Waals surface area contributed by atoms with E-state index in [-0.39, 0.29) is 17.9 Å². The number of carbonyl (C=O) groups excluding carboxylic acids is 3. The third-order valence-corrected chi connectivity index (χ3v) is 7.87. The van der Waals surface area contributed by atoms with E-state index in [2.05, 4.69) is 0 Å². The van der Waals surface area contributed by atoms with Crippen LogP contribution >= 0.6 is 0 Å². The molecule has 2 saturated carbocycles. The lowest BCUT2D eigenvalue weighted by molar-refractivity contribution is -0.166. The van der Waals surface area contributed by atoms with Crippen molar-refractivity contribution in [3.05, 3.63) is 35.9 Å². The summed E-state index contributed by atoms with van der Waals surface area (Å²) in [5.41, 5.74) is 0.271. The molecule has 0 aromatic heterocycles. The van der Waals surface area contributed by atoms with Crippen molar-refractivity contribution in [2.45, 2.75) is 49.1 Å². The lowest BCUT2D eigenvalue weighted by Crippen LogP contribution is -2.46. The number of rotatable bonds is 10. The molecular formula is C22H21F4O9S-. The van der Waals surface area contributed by atoms with Crippen LogP contribution in [-0.2, 0) is 33.9 Å². The SMILES string of the molecule is O=C(OC1C2CC3C1OC(=O)C3C2C(=O)OCCCCC(F)(F)C(F)(F)S(=O)(=O)[O-])c1ccccc1. The molecule has 9 nitrogen and oxygen atoms in total. The second-order valence-corrected chi connectivity index (χ2v) is 10.5. The van der Waals surface area contributed by atoms with Gasteiger partial charge in [-0.3, -0.25) is 9.59 Å². The molecule has 1 heterocycles. The van der Waals surface area contributed by atoms with Gasteiger partial charge in [0.25, 0.3) is 0 Å². The van der Waals surface area contributed by atoms with Crippen LogP contribution in [0.15, 0.2) is 30.3 Å². The Morgan fingerprint density at radius 3 is 2.39 bits per heavy atom. The van der Waals surface area contributed by atoms with Crippen LogP contribution in [0.25, 0.3) is 0 Å². The lowest BCUT2D eigenvalue weighted by Gasteiger charge is -2.30. The molecule has 6 atom stereocenters. The highest BCUT2D eigenvalue weighted by Crippen LogP contribution is 2.59. The predicted molar refractivity (Wildman–Crippen MR) is 109 cm³/mol. The predicted octanol–water partition coefficient (Wildman–Crippen LogP) is 2.51. The number of hydrogen-bond acceptors (Lipinski definition) is 9. The highest BCUT2D eigenvalue weighted by Gasteiger charge is 2.70. The largest absolute Gasteiger partial charge is 0.743 e. The second kappa shape index (κ2) is 9.29. The van der Waals surface area contributed by atoms with Gasteiger partial charge in [0, 0.05) is 18.3 Å². The van der Waals surface area contributed by atoms with Crippen LogP contribution in [0.2, 0.25) is 0 Å². The van der Waals surface area contributed by atoms with E-state index in [4.69, 9.17) is 14.2 Å². The van der Waals surface area contributed by atoms with Crippen molar-refractivity contribution in [2.75, 3.05) is 6.61 Å². The van der Waals surface area contributed by atoms with Crippen molar-refractivity contribution in [1.29, 1.82) is 0 Å². The standard InChI is InChI=1S/C22H22F4O9S/c23-21(24,22(25,26)36(30,31)32)8-4-5-9-33-19(28)14-12-10-13-15(14)20(29)35-17(13)16(12)34-18(27)11-6-2-1-3-7-11/h1-3,6-7,12-17H,4-5,8-10H2,(H,30,31,32)/p-1. The number of hydrogen-bond donors (Lipinski definition) is 0. The van der Waals surface area contributed by atoms with Gasteiger partial charge in [0.1, 0.15) is 12.2 Å². The molecule has 0 radical (unpaired) electrons. The van der Waals surface area contributed by atoms with Gasteiger partial charge in [0.15, 0.2) is 10.1 Å². The van der Waals surface area contributed by atoms with E-state index in [1.165, 1.54) is 12.1 Å². The molecular weight excluding hydrogens is 516 g/mol. The zero-order valence-electron chi connectivity index (χ0n) is 18.5. The summed E-state index contributed by atoms with van der Waals surface area (Å²) in [6.07, 6.45) is -3.82. The van der Waals surface area contributed by atoms with E-state index < -0.39 is 88.6 Å². The Balaban J connectivity index is 1.33. The minimum absolute atomic E-state index is 0.271. The molecule has 2 bridgehead atoms. The number of carbonyl (C=O) groups is 3. The van der Waals surface area contributed by atoms with Crippen molar-refractivity contribution in [3.63, 3.8) is 0 Å². The Morgan fingerprint density at radius 2 is 1.75 bits per heavy atom. The number of fused-ring (bicyclic) bond motifs is 1. The van der Waals surface area contributed by atoms with Gasteiger partial charge in [0.2, 0.25) is 0 Å². The van der Waals surface area contributed by atoms with E-state index in [0.717, 1.165) is 0 Å². The monoisotopic (exact) mass is 537 g/mol. The van der Waals surface area contributed by atoms with Crippen LogP contribution in [0.1, 0.15) is 36.0 Å². The molecule has 0 spiro atoms. The van der Waals surface area contributed by atoms with Gasteiger partial charge in [-0.2, -0.15) is 17.6 Å². The number of unbranched alkanes of at least 4 members (excludes halogenated alkanes) is 1. The maximum atomic E-state index is 13.5. The maximum absolute atomic E-state index is 13.5. The molecule has 0 amide bonds. The Morgan fingerprint density at radius 1 is 1.08 bits per heavy atom. The van der Waals surface area contributed by atoms with Crippen LogP contribution in [0.4, 0.5) is 17.6 Å². The number of halogens is 4. The summed E-state index contributed by atoms with van der Waals surface area (Å²) in [6.45, 7) is -0.474. The zero-order valence-corrected chi connectivity index (χ0v) is 19.3. The van der Waals surface area contributed by atoms with Gasteiger partial charge in [-0.1, -0.05) is 18.2 Å². The van der Waals surface area contributed by atoms with Gasteiger partial charge in [-0.25, -0.2) is 13.2 Å². The minimum Gasteiger partial charge on any atom is -0.743 e. The van der Waals surface area contributed by atoms with Gasteiger partial charge < -0.3 is 18.8 Å². The molecule has 36 heavy (non-hydrogen) atoms. The molecule has 6 unspecified atom stereocenters. The summed E-state index contributed by atoms with van der Waals surface area (Å²) in [7, 11) is -6.57. The third kappa shape index (κ3) is 4.44. The van der Waals surface area contributed by atoms with Gasteiger partial charge in [-0.15, -0.1) is 0 Å². The first-order valence-electron chi connectivity index (χ1n) is 11.1. The quantitative estimate of drug-likeness (QED) is 0.145. The highest BCUT2D eigenvalue weighted by atomic mass is 32.2. The molecule has 1 aromatic rings. The number of alkyl halides is 4. The third-order valence-electron chi connectivity index (χ3n) is 6.94. The normalized spacial score (nSPS) is 29.2.